The molecule has 2 aromatic carbocycles. The maximum atomic E-state index is 13.9. The Balaban J connectivity index is 1.31. The molecule has 0 unspecified atom stereocenters. The van der Waals surface area contributed by atoms with Crippen LogP contribution in [0.4, 0.5) is 4.39 Å². The van der Waals surface area contributed by atoms with Gasteiger partial charge in [-0.1, -0.05) is 18.2 Å². The number of aromatic nitrogens is 1. The van der Waals surface area contributed by atoms with Crippen LogP contribution in [-0.4, -0.2) is 67.0 Å². The number of hydrogen-bond acceptors (Lipinski definition) is 5. The summed E-state index contributed by atoms with van der Waals surface area (Å²) in [5, 5.41) is 2.98. The molecule has 4 rings (SSSR count). The predicted molar refractivity (Wildman–Crippen MR) is 114 cm³/mol. The lowest BCUT2D eigenvalue weighted by molar-refractivity contribution is 0.0949. The number of fused-ring (bicyclic) bond motifs is 1. The van der Waals surface area contributed by atoms with Crippen LogP contribution in [0.25, 0.3) is 11.1 Å². The number of rotatable bonds is 7. The minimum Gasteiger partial charge on any atom is -0.440 e. The molecule has 2 heterocycles. The Hall–Kier alpha value is -2.77. The Morgan fingerprint density at radius 2 is 1.97 bits per heavy atom. The minimum absolute atomic E-state index is 0.123. The van der Waals surface area contributed by atoms with E-state index in [1.165, 1.54) is 6.07 Å². The molecule has 3 aromatic rings. The van der Waals surface area contributed by atoms with Crippen molar-refractivity contribution in [3.8, 4) is 0 Å². The third-order valence-corrected chi connectivity index (χ3v) is 5.53. The van der Waals surface area contributed by atoms with Crippen molar-refractivity contribution in [1.29, 1.82) is 0 Å². The fraction of sp³-hybridized carbons (Fsp3) is 0.391. The third kappa shape index (κ3) is 5.04. The van der Waals surface area contributed by atoms with Crippen LogP contribution in [-0.2, 0) is 6.42 Å². The molecular weight excluding hydrogens is 383 g/mol. The fourth-order valence-corrected chi connectivity index (χ4v) is 3.67. The summed E-state index contributed by atoms with van der Waals surface area (Å²) in [6, 6.07) is 11.8. The van der Waals surface area contributed by atoms with Crippen molar-refractivity contribution in [2.75, 3.05) is 46.3 Å². The lowest BCUT2D eigenvalue weighted by Crippen LogP contribution is -2.45. The maximum Gasteiger partial charge on any atom is 0.251 e. The fourth-order valence-electron chi connectivity index (χ4n) is 3.67. The second kappa shape index (κ2) is 9.36. The quantitative estimate of drug-likeness (QED) is 0.607. The topological polar surface area (TPSA) is 61.6 Å². The van der Waals surface area contributed by atoms with Crippen LogP contribution >= 0.6 is 0 Å². The van der Waals surface area contributed by atoms with E-state index in [2.05, 4.69) is 27.1 Å². The van der Waals surface area contributed by atoms with Gasteiger partial charge >= 0.3 is 0 Å². The summed E-state index contributed by atoms with van der Waals surface area (Å²) in [5.41, 5.74) is 2.26. The van der Waals surface area contributed by atoms with Crippen molar-refractivity contribution in [2.24, 2.45) is 0 Å². The van der Waals surface area contributed by atoms with Gasteiger partial charge in [-0.25, -0.2) is 9.37 Å². The Morgan fingerprint density at radius 3 is 2.77 bits per heavy atom. The highest BCUT2D eigenvalue weighted by atomic mass is 19.1. The van der Waals surface area contributed by atoms with Crippen LogP contribution in [0.15, 0.2) is 46.9 Å². The SMILES string of the molecule is CN1CCN(CCCNC(=O)c2ccc3nc(Cc4ccccc4F)oc3c2)CC1. The van der Waals surface area contributed by atoms with Crippen LogP contribution in [0, 0.1) is 5.82 Å². The largest absolute Gasteiger partial charge is 0.440 e. The van der Waals surface area contributed by atoms with Crippen LogP contribution in [0.1, 0.15) is 28.2 Å². The Morgan fingerprint density at radius 1 is 1.17 bits per heavy atom. The summed E-state index contributed by atoms with van der Waals surface area (Å²) in [6.07, 6.45) is 1.20. The summed E-state index contributed by atoms with van der Waals surface area (Å²) >= 11 is 0. The average molecular weight is 410 g/mol. The second-order valence-corrected chi connectivity index (χ2v) is 7.81. The van der Waals surface area contributed by atoms with Crippen molar-refractivity contribution in [3.05, 3.63) is 65.3 Å². The van der Waals surface area contributed by atoms with Crippen LogP contribution in [0.5, 0.6) is 0 Å². The highest BCUT2D eigenvalue weighted by Gasteiger charge is 2.14. The number of nitrogens with one attached hydrogen (secondary N) is 1. The molecule has 1 aliphatic heterocycles. The number of halogens is 1. The predicted octanol–water partition coefficient (Wildman–Crippen LogP) is 2.93. The molecule has 1 fully saturated rings. The highest BCUT2D eigenvalue weighted by Crippen LogP contribution is 2.20. The van der Waals surface area contributed by atoms with Gasteiger partial charge in [0.2, 0.25) is 0 Å². The van der Waals surface area contributed by atoms with Crippen LogP contribution < -0.4 is 5.32 Å². The van der Waals surface area contributed by atoms with Crippen LogP contribution in [0.2, 0.25) is 0 Å². The van der Waals surface area contributed by atoms with Gasteiger partial charge in [-0.15, -0.1) is 0 Å². The van der Waals surface area contributed by atoms with E-state index in [0.29, 0.717) is 34.7 Å². The normalized spacial score (nSPS) is 15.5. The van der Waals surface area contributed by atoms with E-state index in [1.54, 1.807) is 36.4 Å². The summed E-state index contributed by atoms with van der Waals surface area (Å²) in [7, 11) is 2.14. The van der Waals surface area contributed by atoms with Gasteiger partial charge in [0.15, 0.2) is 11.5 Å². The summed E-state index contributed by atoms with van der Waals surface area (Å²) in [6.45, 7) is 6.00. The molecule has 0 aliphatic carbocycles. The molecule has 6 nitrogen and oxygen atoms in total. The molecule has 1 amide bonds. The highest BCUT2D eigenvalue weighted by molar-refractivity contribution is 5.97. The van der Waals surface area contributed by atoms with Crippen LogP contribution in [0.3, 0.4) is 0 Å². The molecular formula is C23H27FN4O2. The molecule has 7 heteroatoms. The lowest BCUT2D eigenvalue weighted by Gasteiger charge is -2.32. The molecule has 1 aliphatic rings. The van der Waals surface area contributed by atoms with Crippen molar-refractivity contribution >= 4 is 17.0 Å². The summed E-state index contributed by atoms with van der Waals surface area (Å²) in [5.74, 6) is 0.0264. The van der Waals surface area contributed by atoms with Gasteiger partial charge in [0, 0.05) is 38.3 Å². The first kappa shape index (κ1) is 20.5. The Kier molecular flexibility index (Phi) is 6.40. The van der Waals surface area contributed by atoms with E-state index < -0.39 is 0 Å². The molecule has 158 valence electrons. The molecule has 0 atom stereocenters. The van der Waals surface area contributed by atoms with Crippen molar-refractivity contribution in [1.82, 2.24) is 20.1 Å². The number of benzene rings is 2. The first-order chi connectivity index (χ1) is 14.6. The van der Waals surface area contributed by atoms with Gasteiger partial charge in [-0.3, -0.25) is 4.79 Å². The number of nitrogens with zero attached hydrogens (tertiary/aromatic N) is 3. The smallest absolute Gasteiger partial charge is 0.251 e. The molecule has 0 radical (unpaired) electrons. The number of likely N-dealkylation sites (N-methyl/N-ethyl adjacent to an activating group) is 1. The first-order valence-corrected chi connectivity index (χ1v) is 10.4. The van der Waals surface area contributed by atoms with E-state index in [9.17, 15) is 9.18 Å². The van der Waals surface area contributed by atoms with E-state index in [-0.39, 0.29) is 18.1 Å². The standard InChI is InChI=1S/C23H27FN4O2/c1-27-11-13-28(14-12-27)10-4-9-25-23(29)18-7-8-20-21(15-18)30-22(26-20)16-17-5-2-3-6-19(17)24/h2-3,5-8,15H,4,9-14,16H2,1H3,(H,25,29). The molecule has 1 N–H and O–H groups in total. The number of carbonyl (C=O) groups excluding carboxylic acids is 1. The van der Waals surface area contributed by atoms with Gasteiger partial charge in [-0.2, -0.15) is 0 Å². The van der Waals surface area contributed by atoms with E-state index in [0.717, 1.165) is 39.1 Å². The zero-order valence-electron chi connectivity index (χ0n) is 17.2. The van der Waals surface area contributed by atoms with Crippen molar-refractivity contribution in [2.45, 2.75) is 12.8 Å². The molecule has 30 heavy (non-hydrogen) atoms. The molecule has 1 saturated heterocycles. The second-order valence-electron chi connectivity index (χ2n) is 7.81. The molecule has 0 bridgehead atoms. The molecule has 0 spiro atoms. The zero-order valence-corrected chi connectivity index (χ0v) is 17.2. The van der Waals surface area contributed by atoms with E-state index >= 15 is 0 Å². The average Bonchev–Trinajstić information content (AvgIpc) is 3.15. The molecule has 1 aromatic heterocycles. The monoisotopic (exact) mass is 410 g/mol. The van der Waals surface area contributed by atoms with E-state index in [4.69, 9.17) is 4.42 Å². The van der Waals surface area contributed by atoms with E-state index in [1.807, 2.05) is 0 Å². The number of amides is 1. The van der Waals surface area contributed by atoms with Crippen molar-refractivity contribution in [3.63, 3.8) is 0 Å². The number of piperazine rings is 1. The van der Waals surface area contributed by atoms with Gasteiger partial charge in [-0.05, 0) is 49.8 Å². The number of hydrogen-bond donors (Lipinski definition) is 1. The first-order valence-electron chi connectivity index (χ1n) is 10.4. The van der Waals surface area contributed by atoms with Gasteiger partial charge in [0.25, 0.3) is 5.91 Å². The number of oxazole rings is 1. The summed E-state index contributed by atoms with van der Waals surface area (Å²) < 4.78 is 19.6. The zero-order chi connectivity index (χ0) is 20.9. The molecule has 0 saturated carbocycles. The minimum atomic E-state index is -0.281. The Bertz CT molecular complexity index is 1010. The maximum absolute atomic E-state index is 13.9. The Labute approximate surface area is 175 Å². The number of carbonyl (C=O) groups is 1. The van der Waals surface area contributed by atoms with Gasteiger partial charge in [0.1, 0.15) is 11.3 Å². The third-order valence-electron chi connectivity index (χ3n) is 5.53. The van der Waals surface area contributed by atoms with Gasteiger partial charge < -0.3 is 19.5 Å². The van der Waals surface area contributed by atoms with Gasteiger partial charge in [0.05, 0.1) is 6.42 Å². The summed E-state index contributed by atoms with van der Waals surface area (Å²) in [4.78, 5) is 21.7. The van der Waals surface area contributed by atoms with Crippen molar-refractivity contribution < 1.29 is 13.6 Å². The lowest BCUT2D eigenvalue weighted by atomic mass is 10.1.